The predicted octanol–water partition coefficient (Wildman–Crippen LogP) is 7.51. The minimum absolute atomic E-state index is 0.0970. The van der Waals surface area contributed by atoms with E-state index in [2.05, 4.69) is 0 Å². The van der Waals surface area contributed by atoms with Crippen LogP contribution in [0.2, 0.25) is 0 Å². The predicted molar refractivity (Wildman–Crippen MR) is 232 cm³/mol. The van der Waals surface area contributed by atoms with Crippen LogP contribution in [0.5, 0.6) is 23.0 Å². The van der Waals surface area contributed by atoms with Gasteiger partial charge in [0.1, 0.15) is 23.0 Å². The van der Waals surface area contributed by atoms with E-state index in [0.717, 1.165) is 11.5 Å². The Morgan fingerprint density at radius 3 is 1.91 bits per heavy atom. The van der Waals surface area contributed by atoms with Gasteiger partial charge in [0, 0.05) is 28.3 Å². The van der Waals surface area contributed by atoms with Crippen molar-refractivity contribution in [1.29, 1.82) is 0 Å². The minimum Gasteiger partial charge on any atom is -0.458 e. The van der Waals surface area contributed by atoms with Gasteiger partial charge in [0.15, 0.2) is 8.07 Å². The number of nitrogens with zero attached hydrogens (tertiary/aromatic N) is 1. The second-order valence-corrected chi connectivity index (χ2v) is 16.1. The first-order chi connectivity index (χ1) is 39.6. The van der Waals surface area contributed by atoms with Crippen LogP contribution in [0.1, 0.15) is 52.2 Å². The molecule has 0 N–H and O–H groups in total. The van der Waals surface area contributed by atoms with Gasteiger partial charge in [-0.2, -0.15) is 0 Å². The Hall–Kier alpha value is -6.56. The lowest BCUT2D eigenvalue weighted by Crippen LogP contribution is -2.74. The van der Waals surface area contributed by atoms with E-state index in [0.29, 0.717) is 0 Å². The second kappa shape index (κ2) is 12.2. The lowest BCUT2D eigenvalue weighted by atomic mass is 9.34. The van der Waals surface area contributed by atoms with Gasteiger partial charge in [-0.05, 0) is 69.2 Å². The van der Waals surface area contributed by atoms with Gasteiger partial charge in [0.25, 0.3) is 6.71 Å². The van der Waals surface area contributed by atoms with E-state index >= 15 is 0 Å². The van der Waals surface area contributed by atoms with E-state index < -0.39 is 267 Å². The molecule has 260 valence electrons. The Balaban J connectivity index is 1.43. The smallest absolute Gasteiger partial charge is 0.260 e. The molecule has 0 saturated carbocycles. The molecule has 0 aliphatic carbocycles. The number of ether oxygens (including phenoxy) is 2. The van der Waals surface area contributed by atoms with Crippen molar-refractivity contribution in [3.05, 3.63) is 192 Å². The van der Waals surface area contributed by atoms with Crippen LogP contribution in [-0.2, 0) is 0 Å². The Kier molecular flexibility index (Phi) is 3.10. The molecule has 0 unspecified atom stereocenters. The molecule has 3 heterocycles. The third-order valence-electron chi connectivity index (χ3n) is 9.57. The summed E-state index contributed by atoms with van der Waals surface area (Å²) in [5.74, 6) is -2.21. The Morgan fingerprint density at radius 2 is 1.11 bits per heavy atom. The molecule has 0 bridgehead atoms. The molecule has 2 aliphatic heterocycles. The first kappa shape index (κ1) is 13.9. The number of aromatic nitrogens is 1. The lowest BCUT2D eigenvalue weighted by Gasteiger charge is -2.35. The fourth-order valence-electron chi connectivity index (χ4n) is 7.27. The molecular weight excluding hydrogens is 685 g/mol. The van der Waals surface area contributed by atoms with E-state index in [-0.39, 0.29) is 27.7 Å². The molecule has 3 nitrogen and oxygen atoms in total. The molecule has 0 spiro atoms. The molecule has 11 rings (SSSR count). The van der Waals surface area contributed by atoms with Crippen molar-refractivity contribution >= 4 is 73.7 Å². The number of benzene rings is 8. The molecule has 9 aromatic rings. The van der Waals surface area contributed by atoms with E-state index in [1.165, 1.54) is 6.92 Å². The van der Waals surface area contributed by atoms with Gasteiger partial charge >= 0.3 is 0 Å². The maximum Gasteiger partial charge on any atom is 0.260 e. The molecule has 2 aliphatic rings. The molecule has 8 aromatic carbocycles. The van der Waals surface area contributed by atoms with Crippen molar-refractivity contribution in [1.82, 2.24) is 4.57 Å². The first-order valence-electron chi connectivity index (χ1n) is 31.6. The van der Waals surface area contributed by atoms with E-state index in [1.807, 2.05) is 0 Å². The second-order valence-electron chi connectivity index (χ2n) is 12.6. The fraction of sp³-hybridized carbons (Fsp3) is 0.0400. The van der Waals surface area contributed by atoms with Gasteiger partial charge in [0.05, 0.1) is 57.8 Å². The monoisotopic (exact) mass is 751 g/mol. The molecule has 5 heteroatoms. The van der Waals surface area contributed by atoms with Gasteiger partial charge in [0.2, 0.25) is 0 Å². The highest BCUT2D eigenvalue weighted by Crippen LogP contribution is 2.40. The zero-order chi connectivity index (χ0) is 62.8. The summed E-state index contributed by atoms with van der Waals surface area (Å²) in [4.78, 5) is 0. The average molecular weight is 752 g/mol. The van der Waals surface area contributed by atoms with Crippen molar-refractivity contribution in [2.45, 2.75) is 13.8 Å². The minimum atomic E-state index is -6.33. The van der Waals surface area contributed by atoms with E-state index in [9.17, 15) is 17.8 Å². The van der Waals surface area contributed by atoms with E-state index in [1.54, 1.807) is 0 Å². The van der Waals surface area contributed by atoms with Crippen LogP contribution in [0, 0.1) is 13.8 Å². The van der Waals surface area contributed by atoms with E-state index in [4.69, 9.17) is 32.8 Å². The summed E-state index contributed by atoms with van der Waals surface area (Å²) in [6.45, 7) is 0.854. The van der Waals surface area contributed by atoms with Gasteiger partial charge in [-0.1, -0.05) is 157 Å². The standard InChI is InChI=1S/C50H36BNO2Si/c1-33-15-13-21-38(29-33)55(36-17-5-3-6-18-36,37-19-7-4-8-20-37)39-27-28-45-41(32-39)40-22-9-11-25-44(40)52(45)35-30-47-49-48(31-35)54-50-34(2)16-14-24-43(50)51(49)42-23-10-12-26-46(42)53-47/h3-32H,1-2H3/i3D,4D,5D,6D,7D,8D,9D,10D,11D,12D,13D,14D,15D,16D,17D,18D,19D,20D,21D,22D,23D,24D,25D,26D,27D,28D,29D,30D,31D,32D. The largest absolute Gasteiger partial charge is 0.458 e. The van der Waals surface area contributed by atoms with Gasteiger partial charge in [-0.15, -0.1) is 0 Å². The molecule has 1 aromatic heterocycles. The van der Waals surface area contributed by atoms with Crippen molar-refractivity contribution in [2.75, 3.05) is 0 Å². The number of rotatable bonds is 5. The van der Waals surface area contributed by atoms with Crippen LogP contribution in [0.15, 0.2) is 181 Å². The third kappa shape index (κ3) is 4.70. The SMILES string of the molecule is [2H]c1c([2H])c([2H])c([Si](c2c([2H])c([2H])c([2H])c([2H])c2[2H])(c2c([2H])c([2H])c([2H])c(C)c2[2H])c2c([2H])c([2H])c3c(c2[2H])c2c([2H])c([2H])c([2H])c([2H])c2n3-c2c([2H])c3c4c(c2[2H])Oc2c(C)c([2H])c([2H])c([2H])c2B4c2c([2H])c([2H])c([2H])c([2H])c2O3)c([2H])c1[2H]. The Morgan fingerprint density at radius 1 is 0.491 bits per heavy atom. The molecule has 55 heavy (non-hydrogen) atoms. The Labute approximate surface area is 364 Å². The van der Waals surface area contributed by atoms with Gasteiger partial charge in [-0.3, -0.25) is 0 Å². The molecule has 0 atom stereocenters. The van der Waals surface area contributed by atoms with Crippen molar-refractivity contribution < 1.29 is 50.6 Å². The van der Waals surface area contributed by atoms with Gasteiger partial charge in [-0.25, -0.2) is 0 Å². The summed E-state index contributed by atoms with van der Waals surface area (Å²) in [5.41, 5.74) is -3.85. The summed E-state index contributed by atoms with van der Waals surface area (Å²) in [5, 5.41) is -5.79. The van der Waals surface area contributed by atoms with Crippen LogP contribution in [-0.4, -0.2) is 19.4 Å². The maximum absolute atomic E-state index is 10.6. The van der Waals surface area contributed by atoms with Crippen LogP contribution < -0.4 is 46.6 Å². The summed E-state index contributed by atoms with van der Waals surface area (Å²) >= 11 is 0. The topological polar surface area (TPSA) is 23.4 Å². The quantitative estimate of drug-likeness (QED) is 0.134. The van der Waals surface area contributed by atoms with Crippen molar-refractivity contribution in [2.24, 2.45) is 0 Å². The highest BCUT2D eigenvalue weighted by Gasteiger charge is 2.43. The summed E-state index contributed by atoms with van der Waals surface area (Å²) in [7, 11) is -6.33. The molecule has 0 fully saturated rings. The third-order valence-corrected chi connectivity index (χ3v) is 13.6. The van der Waals surface area contributed by atoms with Crippen LogP contribution in [0.3, 0.4) is 0 Å². The zero-order valence-corrected chi connectivity index (χ0v) is 29.3. The number of para-hydroxylation sites is 3. The maximum atomic E-state index is 10.6. The zero-order valence-electron chi connectivity index (χ0n) is 58.3. The summed E-state index contributed by atoms with van der Waals surface area (Å²) in [6, 6.07) is -30.1. The Bertz CT molecular complexity index is 4360. The normalized spacial score (nSPS) is 20.4. The van der Waals surface area contributed by atoms with Crippen LogP contribution in [0.25, 0.3) is 27.5 Å². The highest BCUT2D eigenvalue weighted by molar-refractivity contribution is 7.20. The highest BCUT2D eigenvalue weighted by atomic mass is 28.3. The summed E-state index contributed by atoms with van der Waals surface area (Å²) in [6.07, 6.45) is 0. The van der Waals surface area contributed by atoms with Crippen LogP contribution in [0.4, 0.5) is 0 Å². The van der Waals surface area contributed by atoms with Crippen molar-refractivity contribution in [3.63, 3.8) is 0 Å². The first-order valence-corrected chi connectivity index (χ1v) is 18.6. The van der Waals surface area contributed by atoms with Gasteiger partial charge < -0.3 is 14.0 Å². The number of fused-ring (bicyclic) bond motifs is 7. The molecule has 0 amide bonds. The molecule has 0 saturated heterocycles. The average Bonchev–Trinajstić information content (AvgIpc) is 1.65. The summed E-state index contributed by atoms with van der Waals surface area (Å²) < 4.78 is 292. The van der Waals surface area contributed by atoms with Crippen LogP contribution >= 0.6 is 0 Å². The fourth-order valence-corrected chi connectivity index (χ4v) is 11.0. The molecular formula is C50H36BNO2Si. The number of hydrogen-bond acceptors (Lipinski definition) is 2. The number of hydrogen-bond donors (Lipinski definition) is 0. The molecule has 0 radical (unpaired) electrons. The van der Waals surface area contributed by atoms with Crippen molar-refractivity contribution in [3.8, 4) is 28.7 Å². The lowest BCUT2D eigenvalue weighted by molar-refractivity contribution is 0.462.